The quantitative estimate of drug-likeness (QED) is 0.242. The van der Waals surface area contributed by atoms with Gasteiger partial charge in [-0.15, -0.1) is 24.9 Å². The number of thioether (sulfide) groups is 1. The molecule has 3 aliphatic rings. The summed E-state index contributed by atoms with van der Waals surface area (Å²) in [7, 11) is 0. The topological polar surface area (TPSA) is 87.1 Å². The van der Waals surface area contributed by atoms with Crippen LogP contribution in [0, 0.1) is 17.8 Å². The van der Waals surface area contributed by atoms with E-state index >= 15 is 0 Å². The lowest BCUT2D eigenvalue weighted by molar-refractivity contribution is -0.154. The number of likely N-dealkylation sites (tertiary alicyclic amines) is 1. The summed E-state index contributed by atoms with van der Waals surface area (Å²) < 4.78 is 4.97. The Morgan fingerprint density at radius 3 is 2.65 bits per heavy atom. The fourth-order valence-corrected chi connectivity index (χ4v) is 8.45. The molecule has 3 unspecified atom stereocenters. The smallest absolute Gasteiger partial charge is 0.310 e. The first-order valence-electron chi connectivity index (χ1n) is 12.5. The van der Waals surface area contributed by atoms with Crippen molar-refractivity contribution in [3.8, 4) is 0 Å². The highest BCUT2D eigenvalue weighted by Gasteiger charge is 2.76. The number of hydrogen-bond acceptors (Lipinski definition) is 6. The molecule has 3 heterocycles. The van der Waals surface area contributed by atoms with Crippen LogP contribution in [0.5, 0.6) is 0 Å². The van der Waals surface area contributed by atoms with E-state index in [0.717, 1.165) is 12.8 Å². The fourth-order valence-electron chi connectivity index (χ4n) is 6.05. The Hall–Kier alpha value is -1.80. The van der Waals surface area contributed by atoms with Gasteiger partial charge in [0, 0.05) is 31.0 Å². The van der Waals surface area contributed by atoms with Crippen molar-refractivity contribution in [2.75, 3.05) is 26.3 Å². The third kappa shape index (κ3) is 4.55. The largest absolute Gasteiger partial charge is 0.465 e. The summed E-state index contributed by atoms with van der Waals surface area (Å²) in [6.45, 7) is 14.7. The third-order valence-corrected chi connectivity index (χ3v) is 9.66. The fraction of sp³-hybridized carbons (Fsp3) is 0.731. The van der Waals surface area contributed by atoms with Gasteiger partial charge in [-0.2, -0.15) is 0 Å². The Morgan fingerprint density at radius 2 is 2.03 bits per heavy atom. The van der Waals surface area contributed by atoms with Crippen LogP contribution >= 0.6 is 11.8 Å². The lowest BCUT2D eigenvalue weighted by atomic mass is 9.66. The van der Waals surface area contributed by atoms with E-state index in [1.165, 1.54) is 0 Å². The van der Waals surface area contributed by atoms with Gasteiger partial charge < -0.3 is 19.6 Å². The highest BCUT2D eigenvalue weighted by atomic mass is 32.2. The van der Waals surface area contributed by atoms with Crippen molar-refractivity contribution in [1.82, 2.24) is 9.80 Å². The number of carbonyl (C=O) groups is 3. The van der Waals surface area contributed by atoms with Crippen LogP contribution < -0.4 is 0 Å². The molecule has 3 aliphatic heterocycles. The molecule has 0 radical (unpaired) electrons. The van der Waals surface area contributed by atoms with Crippen molar-refractivity contribution in [2.24, 2.45) is 17.8 Å². The van der Waals surface area contributed by atoms with Crippen molar-refractivity contribution >= 4 is 29.5 Å². The molecule has 0 aromatic carbocycles. The zero-order chi connectivity index (χ0) is 25.0. The first-order valence-corrected chi connectivity index (χ1v) is 13.4. The van der Waals surface area contributed by atoms with Crippen molar-refractivity contribution in [1.29, 1.82) is 0 Å². The van der Waals surface area contributed by atoms with Gasteiger partial charge in [-0.05, 0) is 51.9 Å². The molecule has 6 atom stereocenters. The Labute approximate surface area is 208 Å². The van der Waals surface area contributed by atoms with Gasteiger partial charge in [0.05, 0.1) is 23.2 Å². The first kappa shape index (κ1) is 26.8. The minimum Gasteiger partial charge on any atom is -0.465 e. The van der Waals surface area contributed by atoms with Gasteiger partial charge in [0.15, 0.2) is 0 Å². The average Bonchev–Trinajstić information content (AvgIpc) is 3.38. The van der Waals surface area contributed by atoms with Crippen LogP contribution in [0.1, 0.15) is 52.9 Å². The maximum absolute atomic E-state index is 14.1. The summed E-state index contributed by atoms with van der Waals surface area (Å²) in [5.41, 5.74) is 0. The van der Waals surface area contributed by atoms with E-state index < -0.39 is 22.6 Å². The van der Waals surface area contributed by atoms with Crippen LogP contribution in [-0.4, -0.2) is 81.1 Å². The second-order valence-electron chi connectivity index (χ2n) is 9.99. The van der Waals surface area contributed by atoms with Gasteiger partial charge in [0.1, 0.15) is 6.04 Å². The van der Waals surface area contributed by atoms with Gasteiger partial charge in [0.2, 0.25) is 11.8 Å². The summed E-state index contributed by atoms with van der Waals surface area (Å²) in [4.78, 5) is 44.7. The number of nitrogens with zero attached hydrogens (tertiary/aromatic N) is 2. The summed E-state index contributed by atoms with van der Waals surface area (Å²) in [5.74, 6) is -1.47. The second kappa shape index (κ2) is 11.3. The van der Waals surface area contributed by atoms with Crippen molar-refractivity contribution in [3.05, 3.63) is 25.3 Å². The molecule has 0 aliphatic carbocycles. The molecule has 3 saturated heterocycles. The maximum Gasteiger partial charge on any atom is 0.310 e. The molecule has 8 heteroatoms. The SMILES string of the molecule is C=CCCCOC(=O)[C@@H]1[C@H]2C(=O)N(CCCCO)C(C(=O)N(CC=C)C(C)C)C23S[C@@H]1CC3C. The Kier molecular flexibility index (Phi) is 8.90. The molecule has 190 valence electrons. The molecule has 0 aromatic rings. The summed E-state index contributed by atoms with van der Waals surface area (Å²) >= 11 is 1.67. The monoisotopic (exact) mass is 492 g/mol. The third-order valence-electron chi connectivity index (χ3n) is 7.59. The van der Waals surface area contributed by atoms with Crippen LogP contribution in [0.25, 0.3) is 0 Å². The number of hydrogen-bond donors (Lipinski definition) is 1. The second-order valence-corrected chi connectivity index (χ2v) is 11.5. The van der Waals surface area contributed by atoms with Gasteiger partial charge in [0.25, 0.3) is 0 Å². The lowest BCUT2D eigenvalue weighted by Gasteiger charge is -2.41. The van der Waals surface area contributed by atoms with E-state index in [1.807, 2.05) is 13.8 Å². The van der Waals surface area contributed by atoms with Crippen molar-refractivity contribution in [3.63, 3.8) is 0 Å². The molecule has 1 N–H and O–H groups in total. The Bertz CT molecular complexity index is 802. The first-order chi connectivity index (χ1) is 16.3. The summed E-state index contributed by atoms with van der Waals surface area (Å²) in [5, 5.41) is 9.28. The highest BCUT2D eigenvalue weighted by Crippen LogP contribution is 2.68. The number of amides is 2. The predicted molar refractivity (Wildman–Crippen MR) is 134 cm³/mol. The molecule has 34 heavy (non-hydrogen) atoms. The van der Waals surface area contributed by atoms with Crippen LogP contribution in [0.15, 0.2) is 25.3 Å². The molecule has 1 spiro atoms. The number of carbonyl (C=O) groups excluding carboxylic acids is 3. The molecule has 7 nitrogen and oxygen atoms in total. The minimum absolute atomic E-state index is 0.0161. The van der Waals surface area contributed by atoms with E-state index in [1.54, 1.807) is 33.7 Å². The molecule has 3 rings (SSSR count). The normalized spacial score (nSPS) is 31.6. The van der Waals surface area contributed by atoms with Crippen molar-refractivity contribution < 1.29 is 24.2 Å². The minimum atomic E-state index is -0.642. The summed E-state index contributed by atoms with van der Waals surface area (Å²) in [6.07, 6.45) is 6.94. The number of aliphatic hydroxyl groups excluding tert-OH is 1. The number of fused-ring (bicyclic) bond motifs is 1. The standard InChI is InChI=1S/C26H40N2O5S/c1-6-8-11-15-33-25(32)20-19-16-18(5)26(34-19)21(20)23(30)28(13-9-10-14-29)22(26)24(31)27(12-7-2)17(3)4/h6-7,17-22,29H,1-2,8-16H2,3-5H3/t18?,19-,20+,21+,22?,26?/m1/s1. The van der Waals surface area contributed by atoms with Gasteiger partial charge in [-0.25, -0.2) is 0 Å². The van der Waals surface area contributed by atoms with Crippen molar-refractivity contribution in [2.45, 2.75) is 75.0 Å². The number of ether oxygens (including phenoxy) is 1. The van der Waals surface area contributed by atoms with Gasteiger partial charge >= 0.3 is 5.97 Å². The van der Waals surface area contributed by atoms with Crippen LogP contribution in [0.4, 0.5) is 0 Å². The number of rotatable bonds is 13. The Balaban J connectivity index is 1.97. The zero-order valence-corrected chi connectivity index (χ0v) is 21.6. The molecular weight excluding hydrogens is 452 g/mol. The number of unbranched alkanes of at least 4 members (excludes halogenated alkanes) is 2. The zero-order valence-electron chi connectivity index (χ0n) is 20.8. The molecular formula is C26H40N2O5S. The van der Waals surface area contributed by atoms with Crippen LogP contribution in [0.3, 0.4) is 0 Å². The van der Waals surface area contributed by atoms with Gasteiger partial charge in [-0.1, -0.05) is 19.1 Å². The van der Waals surface area contributed by atoms with E-state index in [2.05, 4.69) is 20.1 Å². The summed E-state index contributed by atoms with van der Waals surface area (Å²) in [6, 6.07) is -0.672. The van der Waals surface area contributed by atoms with E-state index in [-0.39, 0.29) is 41.6 Å². The number of aliphatic hydroxyl groups is 1. The van der Waals surface area contributed by atoms with Gasteiger partial charge in [-0.3, -0.25) is 14.4 Å². The average molecular weight is 493 g/mol. The van der Waals surface area contributed by atoms with E-state index in [4.69, 9.17) is 4.74 Å². The van der Waals surface area contributed by atoms with Crippen LogP contribution in [0.2, 0.25) is 0 Å². The van der Waals surface area contributed by atoms with E-state index in [9.17, 15) is 19.5 Å². The molecule has 3 fully saturated rings. The molecule has 2 amide bonds. The molecule has 0 aromatic heterocycles. The highest BCUT2D eigenvalue weighted by molar-refractivity contribution is 8.02. The number of esters is 1. The Morgan fingerprint density at radius 1 is 1.29 bits per heavy atom. The number of allylic oxidation sites excluding steroid dienone is 1. The van der Waals surface area contributed by atoms with E-state index in [0.29, 0.717) is 39.0 Å². The molecule has 0 saturated carbocycles. The maximum atomic E-state index is 14.1. The lowest BCUT2D eigenvalue weighted by Crippen LogP contribution is -2.58. The predicted octanol–water partition coefficient (Wildman–Crippen LogP) is 3.03. The van der Waals surface area contributed by atoms with Crippen LogP contribution in [-0.2, 0) is 19.1 Å². The molecule has 2 bridgehead atoms.